The van der Waals surface area contributed by atoms with Gasteiger partial charge in [0.15, 0.2) is 0 Å². The van der Waals surface area contributed by atoms with Crippen LogP contribution < -0.4 is 10.1 Å². The lowest BCUT2D eigenvalue weighted by atomic mass is 10.1. The van der Waals surface area contributed by atoms with Gasteiger partial charge in [-0.3, -0.25) is 0 Å². The first-order valence-electron chi connectivity index (χ1n) is 7.82. The molecule has 3 nitrogen and oxygen atoms in total. The Morgan fingerprint density at radius 3 is 2.52 bits per heavy atom. The van der Waals surface area contributed by atoms with E-state index in [1.807, 2.05) is 30.3 Å². The highest BCUT2D eigenvalue weighted by Crippen LogP contribution is 2.34. The van der Waals surface area contributed by atoms with Gasteiger partial charge in [0.05, 0.1) is 17.4 Å². The predicted octanol–water partition coefficient (Wildman–Crippen LogP) is 4.60. The Labute approximate surface area is 136 Å². The monoisotopic (exact) mass is 302 g/mol. The second-order valence-electron chi connectivity index (χ2n) is 5.83. The normalized spacial score (nSPS) is 16.1. The van der Waals surface area contributed by atoms with E-state index in [1.54, 1.807) is 0 Å². The van der Waals surface area contributed by atoms with E-state index in [2.05, 4.69) is 53.6 Å². The van der Waals surface area contributed by atoms with Crippen molar-refractivity contribution < 1.29 is 4.74 Å². The maximum atomic E-state index is 5.90. The van der Waals surface area contributed by atoms with Crippen LogP contribution in [0.1, 0.15) is 17.2 Å². The first-order chi connectivity index (χ1) is 11.3. The van der Waals surface area contributed by atoms with Gasteiger partial charge in [-0.15, -0.1) is 0 Å². The van der Waals surface area contributed by atoms with Crippen LogP contribution in [-0.2, 0) is 0 Å². The molecule has 0 amide bonds. The van der Waals surface area contributed by atoms with Gasteiger partial charge >= 0.3 is 0 Å². The molecule has 2 heterocycles. The Balaban J connectivity index is 1.61. The third-order valence-corrected chi connectivity index (χ3v) is 4.13. The summed E-state index contributed by atoms with van der Waals surface area (Å²) in [6.45, 7) is 2.67. The van der Waals surface area contributed by atoms with Crippen molar-refractivity contribution in [3.05, 3.63) is 77.9 Å². The molecule has 3 heteroatoms. The summed E-state index contributed by atoms with van der Waals surface area (Å²) in [6.07, 6.45) is 0. The van der Waals surface area contributed by atoms with Crippen LogP contribution in [0.15, 0.2) is 66.7 Å². The lowest BCUT2D eigenvalue weighted by molar-refractivity contribution is 0.275. The molecular weight excluding hydrogens is 284 g/mol. The van der Waals surface area contributed by atoms with Gasteiger partial charge < -0.3 is 10.1 Å². The minimum Gasteiger partial charge on any atom is -0.474 e. The topological polar surface area (TPSA) is 34.1 Å². The molecule has 0 bridgehead atoms. The van der Waals surface area contributed by atoms with E-state index >= 15 is 0 Å². The number of nitrogens with one attached hydrogen (secondary N) is 1. The molecule has 114 valence electrons. The third kappa shape index (κ3) is 2.78. The quantitative estimate of drug-likeness (QED) is 0.751. The van der Waals surface area contributed by atoms with Crippen molar-refractivity contribution in [2.75, 3.05) is 11.9 Å². The van der Waals surface area contributed by atoms with Crippen molar-refractivity contribution in [1.29, 1.82) is 0 Å². The van der Waals surface area contributed by atoms with Crippen molar-refractivity contribution in [2.45, 2.75) is 13.0 Å². The Kier molecular flexibility index (Phi) is 3.46. The number of hydrogen-bond donors (Lipinski definition) is 1. The molecule has 2 aromatic carbocycles. The number of aromatic nitrogens is 1. The van der Waals surface area contributed by atoms with Crippen LogP contribution in [0.3, 0.4) is 0 Å². The number of pyridine rings is 1. The predicted molar refractivity (Wildman–Crippen MR) is 92.7 cm³/mol. The molecule has 4 rings (SSSR count). The SMILES string of the molecule is Cc1ccc(-c2ccc3c(n2)OCC(c2ccccc2)N3)cc1. The van der Waals surface area contributed by atoms with Crippen LogP contribution in [-0.4, -0.2) is 11.6 Å². The zero-order valence-electron chi connectivity index (χ0n) is 13.0. The molecule has 1 aliphatic rings. The highest BCUT2D eigenvalue weighted by Gasteiger charge is 2.21. The molecule has 3 aromatic rings. The Morgan fingerprint density at radius 2 is 1.74 bits per heavy atom. The van der Waals surface area contributed by atoms with Gasteiger partial charge in [-0.25, -0.2) is 4.98 Å². The first-order valence-corrected chi connectivity index (χ1v) is 7.82. The van der Waals surface area contributed by atoms with Crippen molar-refractivity contribution >= 4 is 5.69 Å². The zero-order chi connectivity index (χ0) is 15.6. The van der Waals surface area contributed by atoms with Gasteiger partial charge in [-0.2, -0.15) is 0 Å². The van der Waals surface area contributed by atoms with Crippen molar-refractivity contribution in [2.24, 2.45) is 0 Å². The van der Waals surface area contributed by atoms with E-state index in [-0.39, 0.29) is 6.04 Å². The summed E-state index contributed by atoms with van der Waals surface area (Å²) in [4.78, 5) is 4.66. The van der Waals surface area contributed by atoms with Crippen LogP contribution in [0.2, 0.25) is 0 Å². The largest absolute Gasteiger partial charge is 0.474 e. The fraction of sp³-hybridized carbons (Fsp3) is 0.150. The highest BCUT2D eigenvalue weighted by atomic mass is 16.5. The molecule has 0 spiro atoms. The molecular formula is C20H18N2O. The number of nitrogens with zero attached hydrogens (tertiary/aromatic N) is 1. The van der Waals surface area contributed by atoms with E-state index in [1.165, 1.54) is 11.1 Å². The Bertz CT molecular complexity index is 813. The highest BCUT2D eigenvalue weighted by molar-refractivity contribution is 5.66. The molecule has 0 saturated carbocycles. The van der Waals surface area contributed by atoms with Crippen LogP contribution in [0.5, 0.6) is 5.88 Å². The van der Waals surface area contributed by atoms with Crippen LogP contribution in [0.25, 0.3) is 11.3 Å². The smallest absolute Gasteiger partial charge is 0.238 e. The average Bonchev–Trinajstić information content (AvgIpc) is 2.62. The van der Waals surface area contributed by atoms with E-state index in [9.17, 15) is 0 Å². The minimum atomic E-state index is 0.163. The van der Waals surface area contributed by atoms with Gasteiger partial charge in [-0.05, 0) is 24.6 Å². The lowest BCUT2D eigenvalue weighted by Crippen LogP contribution is -2.24. The molecule has 0 radical (unpaired) electrons. The average molecular weight is 302 g/mol. The van der Waals surface area contributed by atoms with Gasteiger partial charge in [0.25, 0.3) is 0 Å². The van der Waals surface area contributed by atoms with Crippen molar-refractivity contribution in [1.82, 2.24) is 4.98 Å². The number of ether oxygens (including phenoxy) is 1. The number of anilines is 1. The molecule has 1 unspecified atom stereocenters. The van der Waals surface area contributed by atoms with Gasteiger partial charge in [0.1, 0.15) is 6.61 Å². The van der Waals surface area contributed by atoms with E-state index in [4.69, 9.17) is 4.74 Å². The van der Waals surface area contributed by atoms with Crippen LogP contribution >= 0.6 is 0 Å². The summed E-state index contributed by atoms with van der Waals surface area (Å²) in [5, 5.41) is 3.51. The molecule has 0 aliphatic carbocycles. The summed E-state index contributed by atoms with van der Waals surface area (Å²) in [7, 11) is 0. The first kappa shape index (κ1) is 13.8. The summed E-state index contributed by atoms with van der Waals surface area (Å²) >= 11 is 0. The maximum absolute atomic E-state index is 5.90. The third-order valence-electron chi connectivity index (χ3n) is 4.13. The second kappa shape index (κ2) is 5.76. The number of rotatable bonds is 2. The van der Waals surface area contributed by atoms with E-state index in [0.29, 0.717) is 12.5 Å². The van der Waals surface area contributed by atoms with Crippen LogP contribution in [0.4, 0.5) is 5.69 Å². The molecule has 0 saturated heterocycles. The molecule has 1 aromatic heterocycles. The molecule has 23 heavy (non-hydrogen) atoms. The molecule has 1 N–H and O–H groups in total. The molecule has 1 aliphatic heterocycles. The summed E-state index contributed by atoms with van der Waals surface area (Å²) in [6, 6.07) is 23.0. The standard InChI is InChI=1S/C20H18N2O/c1-14-7-9-16(10-8-14)17-11-12-18-20(22-17)23-13-19(21-18)15-5-3-2-4-6-15/h2-12,19,21H,13H2,1H3. The summed E-state index contributed by atoms with van der Waals surface area (Å²) < 4.78 is 5.90. The number of fused-ring (bicyclic) bond motifs is 1. The van der Waals surface area contributed by atoms with Crippen LogP contribution in [0, 0.1) is 6.92 Å². The Morgan fingerprint density at radius 1 is 0.957 bits per heavy atom. The maximum Gasteiger partial charge on any atom is 0.238 e. The number of hydrogen-bond acceptors (Lipinski definition) is 3. The zero-order valence-corrected chi connectivity index (χ0v) is 13.0. The second-order valence-corrected chi connectivity index (χ2v) is 5.83. The van der Waals surface area contributed by atoms with Gasteiger partial charge in [0, 0.05) is 5.56 Å². The van der Waals surface area contributed by atoms with E-state index < -0.39 is 0 Å². The molecule has 0 fully saturated rings. The number of benzene rings is 2. The van der Waals surface area contributed by atoms with E-state index in [0.717, 1.165) is 16.9 Å². The minimum absolute atomic E-state index is 0.163. The lowest BCUT2D eigenvalue weighted by Gasteiger charge is -2.27. The van der Waals surface area contributed by atoms with Gasteiger partial charge in [-0.1, -0.05) is 60.2 Å². The fourth-order valence-electron chi connectivity index (χ4n) is 2.80. The van der Waals surface area contributed by atoms with Crippen molar-refractivity contribution in [3.63, 3.8) is 0 Å². The van der Waals surface area contributed by atoms with Gasteiger partial charge in [0.2, 0.25) is 5.88 Å². The Hall–Kier alpha value is -2.81. The van der Waals surface area contributed by atoms with Crippen molar-refractivity contribution in [3.8, 4) is 17.1 Å². The fourth-order valence-corrected chi connectivity index (χ4v) is 2.80. The molecule has 1 atom stereocenters. The summed E-state index contributed by atoms with van der Waals surface area (Å²) in [5.74, 6) is 0.676. The number of aryl methyl sites for hydroxylation is 1. The summed E-state index contributed by atoms with van der Waals surface area (Å²) in [5.41, 5.74) is 5.45.